The molecule has 106 valence electrons. The standard InChI is InChI=1S/C19H25N/c1-16(2)7-6-14-20-15-17-10-12-19(13-11-17)18-8-4-3-5-9-18/h3-5,8-13,16,20H,6-7,14-15H2,1-2H3. The topological polar surface area (TPSA) is 12.0 Å². The Bertz CT molecular complexity index is 485. The van der Waals surface area contributed by atoms with Gasteiger partial charge in [-0.1, -0.05) is 68.4 Å². The van der Waals surface area contributed by atoms with E-state index in [0.717, 1.165) is 19.0 Å². The van der Waals surface area contributed by atoms with Crippen LogP contribution in [0.15, 0.2) is 54.6 Å². The molecule has 1 heteroatoms. The Morgan fingerprint density at radius 3 is 2.15 bits per heavy atom. The molecule has 0 aliphatic heterocycles. The monoisotopic (exact) mass is 267 g/mol. The van der Waals surface area contributed by atoms with Crippen molar-refractivity contribution in [2.75, 3.05) is 6.54 Å². The maximum absolute atomic E-state index is 3.52. The lowest BCUT2D eigenvalue weighted by Gasteiger charge is -2.08. The van der Waals surface area contributed by atoms with E-state index >= 15 is 0 Å². The second-order valence-corrected chi connectivity index (χ2v) is 5.78. The van der Waals surface area contributed by atoms with Gasteiger partial charge in [0.15, 0.2) is 0 Å². The van der Waals surface area contributed by atoms with Gasteiger partial charge >= 0.3 is 0 Å². The van der Waals surface area contributed by atoms with Gasteiger partial charge in [-0.25, -0.2) is 0 Å². The summed E-state index contributed by atoms with van der Waals surface area (Å²) in [5, 5.41) is 3.52. The van der Waals surface area contributed by atoms with Crippen molar-refractivity contribution >= 4 is 0 Å². The van der Waals surface area contributed by atoms with E-state index in [0.29, 0.717) is 0 Å². The molecule has 0 heterocycles. The average molecular weight is 267 g/mol. The molecule has 0 unspecified atom stereocenters. The van der Waals surface area contributed by atoms with Crippen molar-refractivity contribution in [1.82, 2.24) is 5.32 Å². The van der Waals surface area contributed by atoms with E-state index in [2.05, 4.69) is 73.8 Å². The van der Waals surface area contributed by atoms with Crippen LogP contribution in [0.2, 0.25) is 0 Å². The molecular formula is C19H25N. The molecule has 0 aliphatic carbocycles. The molecule has 2 rings (SSSR count). The van der Waals surface area contributed by atoms with Crippen molar-refractivity contribution in [1.29, 1.82) is 0 Å². The fraction of sp³-hybridized carbons (Fsp3) is 0.368. The van der Waals surface area contributed by atoms with Gasteiger partial charge in [-0.3, -0.25) is 0 Å². The average Bonchev–Trinajstić information content (AvgIpc) is 2.48. The molecule has 1 nitrogen and oxygen atoms in total. The molecule has 0 saturated heterocycles. The van der Waals surface area contributed by atoms with Crippen molar-refractivity contribution in [2.24, 2.45) is 5.92 Å². The predicted molar refractivity (Wildman–Crippen MR) is 87.7 cm³/mol. The third-order valence-corrected chi connectivity index (χ3v) is 3.53. The van der Waals surface area contributed by atoms with E-state index < -0.39 is 0 Å². The molecule has 0 aliphatic rings. The SMILES string of the molecule is CC(C)CCCNCc1ccc(-c2ccccc2)cc1. The Hall–Kier alpha value is -1.60. The highest BCUT2D eigenvalue weighted by molar-refractivity contribution is 5.63. The van der Waals surface area contributed by atoms with Crippen molar-refractivity contribution in [2.45, 2.75) is 33.2 Å². The van der Waals surface area contributed by atoms with Crippen molar-refractivity contribution in [3.8, 4) is 11.1 Å². The number of benzene rings is 2. The molecule has 2 aromatic rings. The zero-order valence-corrected chi connectivity index (χ0v) is 12.6. The minimum atomic E-state index is 0.807. The first-order valence-electron chi connectivity index (χ1n) is 7.61. The van der Waals surface area contributed by atoms with Gasteiger partial charge in [0.25, 0.3) is 0 Å². The molecule has 2 aromatic carbocycles. The number of nitrogens with one attached hydrogen (secondary N) is 1. The summed E-state index contributed by atoms with van der Waals surface area (Å²) >= 11 is 0. The number of hydrogen-bond donors (Lipinski definition) is 1. The molecule has 0 amide bonds. The van der Waals surface area contributed by atoms with E-state index in [9.17, 15) is 0 Å². The Balaban J connectivity index is 1.80. The smallest absolute Gasteiger partial charge is 0.0205 e. The third kappa shape index (κ3) is 4.82. The molecule has 0 aromatic heterocycles. The van der Waals surface area contributed by atoms with Gasteiger partial charge in [-0.05, 0) is 42.0 Å². The van der Waals surface area contributed by atoms with Crippen LogP contribution in [0.1, 0.15) is 32.3 Å². The molecule has 0 saturated carbocycles. The Morgan fingerprint density at radius 1 is 0.850 bits per heavy atom. The summed E-state index contributed by atoms with van der Waals surface area (Å²) in [6, 6.07) is 19.4. The third-order valence-electron chi connectivity index (χ3n) is 3.53. The summed E-state index contributed by atoms with van der Waals surface area (Å²) in [6.07, 6.45) is 2.57. The summed E-state index contributed by atoms with van der Waals surface area (Å²) in [4.78, 5) is 0. The molecule has 20 heavy (non-hydrogen) atoms. The van der Waals surface area contributed by atoms with Crippen LogP contribution in [-0.2, 0) is 6.54 Å². The van der Waals surface area contributed by atoms with E-state index in [1.54, 1.807) is 0 Å². The van der Waals surface area contributed by atoms with Gasteiger partial charge in [0, 0.05) is 6.54 Å². The zero-order chi connectivity index (χ0) is 14.2. The summed E-state index contributed by atoms with van der Waals surface area (Å²) in [5.41, 5.74) is 3.92. The minimum Gasteiger partial charge on any atom is -0.313 e. The van der Waals surface area contributed by atoms with Gasteiger partial charge in [-0.2, -0.15) is 0 Å². The van der Waals surface area contributed by atoms with Gasteiger partial charge in [0.1, 0.15) is 0 Å². The Labute approximate surface area is 123 Å². The number of rotatable bonds is 7. The summed E-state index contributed by atoms with van der Waals surface area (Å²) in [5.74, 6) is 0.807. The molecule has 0 bridgehead atoms. The lowest BCUT2D eigenvalue weighted by Crippen LogP contribution is -2.15. The maximum Gasteiger partial charge on any atom is 0.0205 e. The van der Waals surface area contributed by atoms with Gasteiger partial charge in [0.05, 0.1) is 0 Å². The highest BCUT2D eigenvalue weighted by Gasteiger charge is 1.98. The van der Waals surface area contributed by atoms with E-state index in [1.165, 1.54) is 29.5 Å². The largest absolute Gasteiger partial charge is 0.313 e. The quantitative estimate of drug-likeness (QED) is 0.705. The summed E-state index contributed by atoms with van der Waals surface area (Å²) in [6.45, 7) is 6.64. The number of hydrogen-bond acceptors (Lipinski definition) is 1. The molecule has 0 radical (unpaired) electrons. The van der Waals surface area contributed by atoms with Gasteiger partial charge in [0.2, 0.25) is 0 Å². The van der Waals surface area contributed by atoms with Crippen molar-refractivity contribution < 1.29 is 0 Å². The molecule has 0 fully saturated rings. The maximum atomic E-state index is 3.52. The Kier molecular flexibility index (Phi) is 5.82. The summed E-state index contributed by atoms with van der Waals surface area (Å²) in [7, 11) is 0. The molecule has 1 N–H and O–H groups in total. The van der Waals surface area contributed by atoms with Crippen LogP contribution in [0.25, 0.3) is 11.1 Å². The van der Waals surface area contributed by atoms with Crippen LogP contribution in [-0.4, -0.2) is 6.54 Å². The van der Waals surface area contributed by atoms with Crippen LogP contribution in [0, 0.1) is 5.92 Å². The Morgan fingerprint density at radius 2 is 1.50 bits per heavy atom. The lowest BCUT2D eigenvalue weighted by atomic mass is 10.0. The van der Waals surface area contributed by atoms with Crippen molar-refractivity contribution in [3.05, 3.63) is 60.2 Å². The van der Waals surface area contributed by atoms with Crippen LogP contribution < -0.4 is 5.32 Å². The fourth-order valence-electron chi connectivity index (χ4n) is 2.31. The lowest BCUT2D eigenvalue weighted by molar-refractivity contribution is 0.527. The minimum absolute atomic E-state index is 0.807. The first kappa shape index (κ1) is 14.8. The van der Waals surface area contributed by atoms with Crippen LogP contribution in [0.4, 0.5) is 0 Å². The van der Waals surface area contributed by atoms with E-state index in [1.807, 2.05) is 0 Å². The normalized spacial score (nSPS) is 10.9. The molecule has 0 spiro atoms. The van der Waals surface area contributed by atoms with E-state index in [4.69, 9.17) is 0 Å². The van der Waals surface area contributed by atoms with Crippen LogP contribution >= 0.6 is 0 Å². The predicted octanol–water partition coefficient (Wildman–Crippen LogP) is 4.88. The molecule has 0 atom stereocenters. The van der Waals surface area contributed by atoms with Gasteiger partial charge < -0.3 is 5.32 Å². The van der Waals surface area contributed by atoms with Crippen LogP contribution in [0.3, 0.4) is 0 Å². The second kappa shape index (κ2) is 7.86. The molecular weight excluding hydrogens is 242 g/mol. The highest BCUT2D eigenvalue weighted by atomic mass is 14.8. The fourth-order valence-corrected chi connectivity index (χ4v) is 2.31. The van der Waals surface area contributed by atoms with Gasteiger partial charge in [-0.15, -0.1) is 0 Å². The van der Waals surface area contributed by atoms with Crippen molar-refractivity contribution in [3.63, 3.8) is 0 Å². The second-order valence-electron chi connectivity index (χ2n) is 5.78. The van der Waals surface area contributed by atoms with Crippen LogP contribution in [0.5, 0.6) is 0 Å². The highest BCUT2D eigenvalue weighted by Crippen LogP contribution is 2.19. The zero-order valence-electron chi connectivity index (χ0n) is 12.6. The summed E-state index contributed by atoms with van der Waals surface area (Å²) < 4.78 is 0. The van der Waals surface area contributed by atoms with E-state index in [-0.39, 0.29) is 0 Å². The first-order valence-corrected chi connectivity index (χ1v) is 7.61. The first-order chi connectivity index (χ1) is 9.75.